The average Bonchev–Trinajstić information content (AvgIpc) is 3.10. The van der Waals surface area contributed by atoms with Crippen LogP contribution in [-0.2, 0) is 18.3 Å². The third kappa shape index (κ3) is 14.3. The molecular formula is C10H23ClO4Si. The Labute approximate surface area is 106 Å². The predicted octanol–water partition coefficient (Wildman–Crippen LogP) is 1.09. The van der Waals surface area contributed by atoms with Crippen LogP contribution in [0.2, 0.25) is 0 Å². The summed E-state index contributed by atoms with van der Waals surface area (Å²) in [6.07, 6.45) is 1.33. The van der Waals surface area contributed by atoms with E-state index in [0.717, 1.165) is 39.5 Å². The minimum Gasteiger partial charge on any atom is -0.399 e. The smallest absolute Gasteiger partial charge is 0.304 e. The zero-order valence-electron chi connectivity index (χ0n) is 10.2. The first-order chi connectivity index (χ1) is 7.85. The lowest BCUT2D eigenvalue weighted by Crippen LogP contribution is -2.02. The van der Waals surface area contributed by atoms with Gasteiger partial charge in [-0.3, -0.25) is 0 Å². The first-order valence-electron chi connectivity index (χ1n) is 5.75. The number of ether oxygens (including phenoxy) is 2. The minimum atomic E-state index is -0.589. The standard InChI is InChI=1S/C6H11ClO2.C4H12O2Si/c7-2-1-3-8-4-6-5-9-6;1-3-5-7-6-4-2/h6H,1-5H2;3-4,7H2,1-2H3. The summed E-state index contributed by atoms with van der Waals surface area (Å²) in [7, 11) is -0.589. The van der Waals surface area contributed by atoms with Crippen LogP contribution in [0.5, 0.6) is 0 Å². The van der Waals surface area contributed by atoms with Crippen molar-refractivity contribution in [3.05, 3.63) is 0 Å². The number of hydrogen-bond donors (Lipinski definition) is 0. The highest BCUT2D eigenvalue weighted by Gasteiger charge is 2.21. The van der Waals surface area contributed by atoms with Crippen LogP contribution >= 0.6 is 11.6 Å². The molecule has 0 N–H and O–H groups in total. The summed E-state index contributed by atoms with van der Waals surface area (Å²) in [6, 6.07) is 0. The molecule has 0 spiro atoms. The summed E-state index contributed by atoms with van der Waals surface area (Å²) in [5.74, 6) is 0.686. The summed E-state index contributed by atoms with van der Waals surface area (Å²) in [5.41, 5.74) is 0. The van der Waals surface area contributed by atoms with Crippen LogP contribution in [0, 0.1) is 0 Å². The van der Waals surface area contributed by atoms with E-state index >= 15 is 0 Å². The first kappa shape index (κ1) is 16.3. The van der Waals surface area contributed by atoms with Gasteiger partial charge in [0.1, 0.15) is 6.10 Å². The van der Waals surface area contributed by atoms with E-state index in [1.807, 2.05) is 13.8 Å². The topological polar surface area (TPSA) is 40.2 Å². The van der Waals surface area contributed by atoms with E-state index in [4.69, 9.17) is 29.9 Å². The van der Waals surface area contributed by atoms with Gasteiger partial charge < -0.3 is 18.3 Å². The third-order valence-electron chi connectivity index (χ3n) is 1.70. The third-order valence-corrected chi connectivity index (χ3v) is 3.12. The molecular weight excluding hydrogens is 248 g/mol. The van der Waals surface area contributed by atoms with Crippen molar-refractivity contribution in [3.8, 4) is 0 Å². The molecule has 6 heteroatoms. The first-order valence-corrected chi connectivity index (χ1v) is 7.44. The van der Waals surface area contributed by atoms with Crippen LogP contribution in [0.25, 0.3) is 0 Å². The summed E-state index contributed by atoms with van der Waals surface area (Å²) < 4.78 is 20.1. The van der Waals surface area contributed by atoms with Crippen LogP contribution < -0.4 is 0 Å². The Hall–Kier alpha value is 0.347. The molecule has 0 radical (unpaired) electrons. The molecule has 1 aliphatic heterocycles. The Balaban J connectivity index is 0.000000293. The van der Waals surface area contributed by atoms with Gasteiger partial charge in [0.2, 0.25) is 0 Å². The maximum absolute atomic E-state index is 5.42. The van der Waals surface area contributed by atoms with Crippen LogP contribution in [0.1, 0.15) is 20.3 Å². The highest BCUT2D eigenvalue weighted by Crippen LogP contribution is 2.08. The summed E-state index contributed by atoms with van der Waals surface area (Å²) in [4.78, 5) is 0. The molecule has 0 aliphatic carbocycles. The van der Waals surface area contributed by atoms with Crippen LogP contribution in [-0.4, -0.2) is 55.0 Å². The number of rotatable bonds is 9. The molecule has 4 nitrogen and oxygen atoms in total. The maximum atomic E-state index is 5.42. The second-order valence-electron chi connectivity index (χ2n) is 3.18. The molecule has 98 valence electrons. The number of alkyl halides is 1. The quantitative estimate of drug-likeness (QED) is 0.272. The Kier molecular flexibility index (Phi) is 13.7. The highest BCUT2D eigenvalue weighted by molar-refractivity contribution is 6.18. The van der Waals surface area contributed by atoms with Crippen molar-refractivity contribution in [3.63, 3.8) is 0 Å². The Morgan fingerprint density at radius 1 is 1.31 bits per heavy atom. The summed E-state index contributed by atoms with van der Waals surface area (Å²) in [5, 5.41) is 0. The van der Waals surface area contributed by atoms with Crippen molar-refractivity contribution in [1.82, 2.24) is 0 Å². The van der Waals surface area contributed by atoms with E-state index in [0.29, 0.717) is 12.0 Å². The van der Waals surface area contributed by atoms with Crippen LogP contribution in [0.15, 0.2) is 0 Å². The second-order valence-corrected chi connectivity index (χ2v) is 4.61. The lowest BCUT2D eigenvalue weighted by Gasteiger charge is -1.97. The van der Waals surface area contributed by atoms with Crippen molar-refractivity contribution in [2.24, 2.45) is 0 Å². The molecule has 1 saturated heterocycles. The van der Waals surface area contributed by atoms with Gasteiger partial charge in [0, 0.05) is 25.7 Å². The molecule has 1 heterocycles. The van der Waals surface area contributed by atoms with Gasteiger partial charge in [0.15, 0.2) is 0 Å². The maximum Gasteiger partial charge on any atom is 0.304 e. The van der Waals surface area contributed by atoms with E-state index in [9.17, 15) is 0 Å². The van der Waals surface area contributed by atoms with Gasteiger partial charge in [-0.05, 0) is 20.3 Å². The molecule has 0 aromatic carbocycles. The molecule has 1 aliphatic rings. The molecule has 0 aromatic rings. The Morgan fingerprint density at radius 3 is 2.38 bits per heavy atom. The van der Waals surface area contributed by atoms with Crippen molar-refractivity contribution in [2.75, 3.05) is 38.9 Å². The minimum absolute atomic E-state index is 0.389. The zero-order chi connectivity index (χ0) is 12.1. The van der Waals surface area contributed by atoms with Crippen molar-refractivity contribution in [1.29, 1.82) is 0 Å². The van der Waals surface area contributed by atoms with E-state index in [2.05, 4.69) is 0 Å². The lowest BCUT2D eigenvalue weighted by molar-refractivity contribution is 0.117. The predicted molar refractivity (Wildman–Crippen MR) is 67.7 cm³/mol. The second kappa shape index (κ2) is 13.4. The fourth-order valence-electron chi connectivity index (χ4n) is 0.761. The van der Waals surface area contributed by atoms with Gasteiger partial charge in [-0.15, -0.1) is 11.6 Å². The molecule has 1 rings (SSSR count). The summed E-state index contributed by atoms with van der Waals surface area (Å²) in [6.45, 7) is 7.94. The van der Waals surface area contributed by atoms with Crippen molar-refractivity contribution >= 4 is 21.6 Å². The van der Waals surface area contributed by atoms with Gasteiger partial charge >= 0.3 is 10.0 Å². The fourth-order valence-corrected chi connectivity index (χ4v) is 1.32. The average molecular weight is 271 g/mol. The van der Waals surface area contributed by atoms with Gasteiger partial charge in [-0.1, -0.05) is 0 Å². The molecule has 0 amide bonds. The van der Waals surface area contributed by atoms with Crippen molar-refractivity contribution in [2.45, 2.75) is 26.4 Å². The van der Waals surface area contributed by atoms with Crippen LogP contribution in [0.3, 0.4) is 0 Å². The Bertz CT molecular complexity index is 132. The molecule has 0 aromatic heterocycles. The van der Waals surface area contributed by atoms with E-state index < -0.39 is 10.0 Å². The van der Waals surface area contributed by atoms with Crippen molar-refractivity contribution < 1.29 is 18.3 Å². The molecule has 16 heavy (non-hydrogen) atoms. The molecule has 1 atom stereocenters. The lowest BCUT2D eigenvalue weighted by atomic mass is 10.5. The van der Waals surface area contributed by atoms with Gasteiger partial charge in [0.05, 0.1) is 13.2 Å². The van der Waals surface area contributed by atoms with E-state index in [1.165, 1.54) is 0 Å². The van der Waals surface area contributed by atoms with Gasteiger partial charge in [-0.2, -0.15) is 0 Å². The Morgan fingerprint density at radius 2 is 1.94 bits per heavy atom. The van der Waals surface area contributed by atoms with E-state index in [1.54, 1.807) is 0 Å². The zero-order valence-corrected chi connectivity index (χ0v) is 12.4. The SMILES string of the molecule is CCO[SiH2]OCC.ClCCCOCC1CO1. The van der Waals surface area contributed by atoms with Gasteiger partial charge in [0.25, 0.3) is 0 Å². The highest BCUT2D eigenvalue weighted by atomic mass is 35.5. The molecule has 1 fully saturated rings. The largest absolute Gasteiger partial charge is 0.399 e. The number of hydrogen-bond acceptors (Lipinski definition) is 4. The van der Waals surface area contributed by atoms with Crippen LogP contribution in [0.4, 0.5) is 0 Å². The van der Waals surface area contributed by atoms with Gasteiger partial charge in [-0.25, -0.2) is 0 Å². The summed E-state index contributed by atoms with van der Waals surface area (Å²) >= 11 is 5.42. The molecule has 1 unspecified atom stereocenters. The number of epoxide rings is 1. The molecule has 0 bridgehead atoms. The fraction of sp³-hybridized carbons (Fsp3) is 1.00. The normalized spacial score (nSPS) is 17.8. The molecule has 0 saturated carbocycles. The number of halogens is 1. The van der Waals surface area contributed by atoms with E-state index in [-0.39, 0.29) is 0 Å². The monoisotopic (exact) mass is 270 g/mol.